The Balaban J connectivity index is 2.02. The molecule has 1 aromatic rings. The fourth-order valence-corrected chi connectivity index (χ4v) is 2.80. The van der Waals surface area contributed by atoms with E-state index in [9.17, 15) is 22.8 Å². The van der Waals surface area contributed by atoms with Crippen LogP contribution in [-0.4, -0.2) is 61.1 Å². The predicted molar refractivity (Wildman–Crippen MR) is 77.3 cm³/mol. The highest BCUT2D eigenvalue weighted by Gasteiger charge is 2.40. The number of carbonyl (C=O) groups is 2. The molecule has 1 aromatic heterocycles. The summed E-state index contributed by atoms with van der Waals surface area (Å²) in [6, 6.07) is 0.879. The number of esters is 1. The van der Waals surface area contributed by atoms with Crippen LogP contribution in [0.3, 0.4) is 0 Å². The van der Waals surface area contributed by atoms with E-state index in [1.165, 1.54) is 13.2 Å². The second-order valence-corrected chi connectivity index (χ2v) is 5.77. The second kappa shape index (κ2) is 6.84. The first-order chi connectivity index (χ1) is 11.1. The molecule has 1 aliphatic heterocycles. The number of likely N-dealkylation sites (N-methyl/N-ethyl adjacent to an activating group) is 1. The van der Waals surface area contributed by atoms with Crippen LogP contribution >= 0.6 is 0 Å². The lowest BCUT2D eigenvalue weighted by Crippen LogP contribution is -2.42. The van der Waals surface area contributed by atoms with E-state index in [0.717, 1.165) is 4.90 Å². The van der Waals surface area contributed by atoms with Crippen LogP contribution in [0.2, 0.25) is 0 Å². The molecule has 0 bridgehead atoms. The van der Waals surface area contributed by atoms with Crippen molar-refractivity contribution in [3.05, 3.63) is 23.2 Å². The normalized spacial score (nSPS) is 18.5. The fourth-order valence-electron chi connectivity index (χ4n) is 2.80. The molecule has 2 rings (SSSR count). The van der Waals surface area contributed by atoms with Crippen LogP contribution in [0.5, 0.6) is 0 Å². The number of hydrogen-bond donors (Lipinski definition) is 0. The summed E-state index contributed by atoms with van der Waals surface area (Å²) < 4.78 is 47.4. The first-order valence-electron chi connectivity index (χ1n) is 7.35. The molecule has 24 heavy (non-hydrogen) atoms. The smallest absolute Gasteiger partial charge is 0.406 e. The van der Waals surface area contributed by atoms with Gasteiger partial charge in [0, 0.05) is 6.54 Å². The van der Waals surface area contributed by atoms with Gasteiger partial charge >= 0.3 is 12.1 Å². The van der Waals surface area contributed by atoms with Crippen molar-refractivity contribution in [3.8, 4) is 0 Å². The molecule has 1 amide bonds. The number of nitrogens with zero attached hydrogens (tertiary/aromatic N) is 2. The maximum absolute atomic E-state index is 12.4. The van der Waals surface area contributed by atoms with Gasteiger partial charge < -0.3 is 14.1 Å². The number of halogens is 3. The zero-order chi connectivity index (χ0) is 18.1. The Morgan fingerprint density at radius 3 is 2.75 bits per heavy atom. The van der Waals surface area contributed by atoms with Crippen LogP contribution in [-0.2, 0) is 16.1 Å². The van der Waals surface area contributed by atoms with Crippen LogP contribution < -0.4 is 0 Å². The van der Waals surface area contributed by atoms with Gasteiger partial charge in [-0.05, 0) is 26.5 Å². The number of furan rings is 1. The summed E-state index contributed by atoms with van der Waals surface area (Å²) in [5.41, 5.74) is 0.289. The minimum Gasteiger partial charge on any atom is -0.465 e. The Morgan fingerprint density at radius 1 is 1.50 bits per heavy atom. The number of methoxy groups -OCH3 is 1. The van der Waals surface area contributed by atoms with Crippen LogP contribution in [0.1, 0.15) is 28.3 Å². The van der Waals surface area contributed by atoms with Gasteiger partial charge in [0.15, 0.2) is 0 Å². The molecule has 0 radical (unpaired) electrons. The van der Waals surface area contributed by atoms with Crippen molar-refractivity contribution in [1.29, 1.82) is 0 Å². The van der Waals surface area contributed by atoms with Gasteiger partial charge in [-0.25, -0.2) is 4.79 Å². The molecular formula is C15H19F3N2O4. The largest absolute Gasteiger partial charge is 0.465 e. The standard InChI is InChI=1S/C15H19F3N2O4/c1-9-11(14(22)23-3)6-10(24-9)7-19(2)12-4-5-20(13(12)21)8-15(16,17)18/h6,12H,4-5,7-8H2,1-3H3/t12-/m1/s1. The molecule has 1 aliphatic rings. The summed E-state index contributed by atoms with van der Waals surface area (Å²) in [5, 5.41) is 0. The predicted octanol–water partition coefficient (Wildman–Crippen LogP) is 1.97. The van der Waals surface area contributed by atoms with E-state index in [1.807, 2.05) is 0 Å². The van der Waals surface area contributed by atoms with Gasteiger partial charge in [-0.1, -0.05) is 0 Å². The van der Waals surface area contributed by atoms with E-state index in [2.05, 4.69) is 4.74 Å². The molecular weight excluding hydrogens is 329 g/mol. The molecule has 134 valence electrons. The van der Waals surface area contributed by atoms with Gasteiger partial charge in [0.2, 0.25) is 5.91 Å². The number of aryl methyl sites for hydroxylation is 1. The molecule has 0 aromatic carbocycles. The van der Waals surface area contributed by atoms with E-state index < -0.39 is 30.6 Å². The Bertz CT molecular complexity index is 627. The average Bonchev–Trinajstić information content (AvgIpc) is 3.00. The minimum absolute atomic E-state index is 0.0674. The molecule has 1 atom stereocenters. The molecule has 1 saturated heterocycles. The van der Waals surface area contributed by atoms with E-state index in [1.54, 1.807) is 18.9 Å². The van der Waals surface area contributed by atoms with E-state index in [0.29, 0.717) is 17.9 Å². The highest BCUT2D eigenvalue weighted by molar-refractivity contribution is 5.90. The SMILES string of the molecule is COC(=O)c1cc(CN(C)[C@@H]2CCN(CC(F)(F)F)C2=O)oc1C. The number of carbonyl (C=O) groups excluding carboxylic acids is 2. The van der Waals surface area contributed by atoms with Gasteiger partial charge in [0.25, 0.3) is 0 Å². The van der Waals surface area contributed by atoms with Crippen LogP contribution in [0.4, 0.5) is 13.2 Å². The van der Waals surface area contributed by atoms with Crippen LogP contribution in [0.15, 0.2) is 10.5 Å². The highest BCUT2D eigenvalue weighted by atomic mass is 19.4. The summed E-state index contributed by atoms with van der Waals surface area (Å²) in [6.07, 6.45) is -4.09. The highest BCUT2D eigenvalue weighted by Crippen LogP contribution is 2.24. The maximum atomic E-state index is 12.4. The summed E-state index contributed by atoms with van der Waals surface area (Å²) in [4.78, 5) is 26.1. The Morgan fingerprint density at radius 2 is 2.17 bits per heavy atom. The molecule has 6 nitrogen and oxygen atoms in total. The first-order valence-corrected chi connectivity index (χ1v) is 7.35. The second-order valence-electron chi connectivity index (χ2n) is 5.77. The monoisotopic (exact) mass is 348 g/mol. The van der Waals surface area contributed by atoms with Crippen LogP contribution in [0.25, 0.3) is 0 Å². The van der Waals surface area contributed by atoms with Crippen molar-refractivity contribution in [2.24, 2.45) is 0 Å². The lowest BCUT2D eigenvalue weighted by molar-refractivity contribution is -0.159. The zero-order valence-electron chi connectivity index (χ0n) is 13.6. The first kappa shape index (κ1) is 18.3. The number of amides is 1. The van der Waals surface area contributed by atoms with Crippen molar-refractivity contribution in [3.63, 3.8) is 0 Å². The lowest BCUT2D eigenvalue weighted by Gasteiger charge is -2.23. The van der Waals surface area contributed by atoms with Gasteiger partial charge in [-0.15, -0.1) is 0 Å². The number of hydrogen-bond acceptors (Lipinski definition) is 5. The summed E-state index contributed by atoms with van der Waals surface area (Å²) in [5.74, 6) is -0.246. The van der Waals surface area contributed by atoms with Crippen molar-refractivity contribution in [2.75, 3.05) is 27.2 Å². The number of ether oxygens (including phenoxy) is 1. The summed E-state index contributed by atoms with van der Waals surface area (Å²) in [6.45, 7) is 0.649. The third-order valence-corrected chi connectivity index (χ3v) is 3.95. The van der Waals surface area contributed by atoms with Crippen molar-refractivity contribution < 1.29 is 31.9 Å². The zero-order valence-corrected chi connectivity index (χ0v) is 13.6. The Labute approximate surface area is 137 Å². The third-order valence-electron chi connectivity index (χ3n) is 3.95. The topological polar surface area (TPSA) is 63.0 Å². The number of alkyl halides is 3. The van der Waals surface area contributed by atoms with E-state index in [-0.39, 0.29) is 18.7 Å². The van der Waals surface area contributed by atoms with Crippen molar-refractivity contribution >= 4 is 11.9 Å². The molecule has 0 spiro atoms. The Kier molecular flexibility index (Phi) is 5.22. The molecule has 1 fully saturated rings. The molecule has 0 N–H and O–H groups in total. The van der Waals surface area contributed by atoms with Crippen molar-refractivity contribution in [2.45, 2.75) is 32.1 Å². The maximum Gasteiger partial charge on any atom is 0.406 e. The Hall–Kier alpha value is -2.03. The third kappa shape index (κ3) is 4.08. The summed E-state index contributed by atoms with van der Waals surface area (Å²) >= 11 is 0. The molecule has 0 aliphatic carbocycles. The van der Waals surface area contributed by atoms with E-state index >= 15 is 0 Å². The molecule has 0 unspecified atom stereocenters. The number of likely N-dealkylation sites (tertiary alicyclic amines) is 1. The van der Waals surface area contributed by atoms with Gasteiger partial charge in [0.05, 0.1) is 19.7 Å². The quantitative estimate of drug-likeness (QED) is 0.762. The fraction of sp³-hybridized carbons (Fsp3) is 0.600. The minimum atomic E-state index is -4.41. The van der Waals surface area contributed by atoms with Crippen LogP contribution in [0, 0.1) is 6.92 Å². The van der Waals surface area contributed by atoms with Gasteiger partial charge in [0.1, 0.15) is 23.6 Å². The average molecular weight is 348 g/mol. The van der Waals surface area contributed by atoms with Crippen molar-refractivity contribution in [1.82, 2.24) is 9.80 Å². The molecule has 2 heterocycles. The molecule has 0 saturated carbocycles. The summed E-state index contributed by atoms with van der Waals surface area (Å²) in [7, 11) is 2.89. The number of rotatable bonds is 5. The van der Waals surface area contributed by atoms with Gasteiger partial charge in [-0.3, -0.25) is 9.69 Å². The van der Waals surface area contributed by atoms with E-state index in [4.69, 9.17) is 4.42 Å². The molecule has 9 heteroatoms. The van der Waals surface area contributed by atoms with Gasteiger partial charge in [-0.2, -0.15) is 13.2 Å². The lowest BCUT2D eigenvalue weighted by atomic mass is 10.2.